The average molecular weight is 312 g/mol. The molecule has 1 N–H and O–H groups in total. The van der Waals surface area contributed by atoms with Gasteiger partial charge in [0.05, 0.1) is 11.0 Å². The van der Waals surface area contributed by atoms with Crippen LogP contribution in [0.3, 0.4) is 0 Å². The molecule has 1 aromatic rings. The van der Waals surface area contributed by atoms with Crippen molar-refractivity contribution in [3.05, 3.63) is 24.3 Å². The van der Waals surface area contributed by atoms with Crippen molar-refractivity contribution in [2.45, 2.75) is 19.1 Å². The molecule has 2 rings (SSSR count). The first-order chi connectivity index (χ1) is 9.99. The molecule has 0 atom stereocenters. The van der Waals surface area contributed by atoms with Crippen molar-refractivity contribution < 1.29 is 13.2 Å². The maximum Gasteiger partial charge on any atom is 0.155 e. The van der Waals surface area contributed by atoms with Crippen LogP contribution in [0.5, 0.6) is 5.75 Å². The summed E-state index contributed by atoms with van der Waals surface area (Å²) in [6.07, 6.45) is 0. The van der Waals surface area contributed by atoms with Crippen molar-refractivity contribution in [2.75, 3.05) is 43.4 Å². The number of hydrogen-bond donors (Lipinski definition) is 1. The summed E-state index contributed by atoms with van der Waals surface area (Å²) in [5, 5.41) is 2.97. The maximum atomic E-state index is 11.7. The third-order valence-corrected chi connectivity index (χ3v) is 5.85. The van der Waals surface area contributed by atoms with Gasteiger partial charge in [-0.25, -0.2) is 8.42 Å². The lowest BCUT2D eigenvalue weighted by molar-refractivity contribution is 0.340. The zero-order chi connectivity index (χ0) is 15.3. The first-order valence-electron chi connectivity index (χ1n) is 7.39. The number of anilines is 1. The fraction of sp³-hybridized carbons (Fsp3) is 0.600. The molecule has 0 radical (unpaired) electrons. The highest BCUT2D eigenvalue weighted by molar-refractivity contribution is 7.91. The summed E-state index contributed by atoms with van der Waals surface area (Å²) in [5.74, 6) is 0.775. The smallest absolute Gasteiger partial charge is 0.155 e. The van der Waals surface area contributed by atoms with Crippen molar-refractivity contribution in [3.8, 4) is 5.75 Å². The molecule has 1 heterocycles. The van der Waals surface area contributed by atoms with Gasteiger partial charge in [0, 0.05) is 31.9 Å². The number of nitrogens with one attached hydrogen (secondary N) is 1. The Morgan fingerprint density at radius 3 is 2.38 bits per heavy atom. The maximum absolute atomic E-state index is 11.7. The van der Waals surface area contributed by atoms with Gasteiger partial charge in [0.1, 0.15) is 12.4 Å². The predicted octanol–water partition coefficient (Wildman–Crippen LogP) is 1.30. The number of benzene rings is 1. The highest BCUT2D eigenvalue weighted by Gasteiger charge is 2.16. The van der Waals surface area contributed by atoms with Gasteiger partial charge in [-0.3, -0.25) is 0 Å². The molecule has 0 aliphatic carbocycles. The zero-order valence-corrected chi connectivity index (χ0v) is 13.5. The van der Waals surface area contributed by atoms with Gasteiger partial charge in [-0.2, -0.15) is 0 Å². The second-order valence-corrected chi connectivity index (χ2v) is 8.17. The van der Waals surface area contributed by atoms with Gasteiger partial charge in [-0.15, -0.1) is 0 Å². The van der Waals surface area contributed by atoms with Crippen LogP contribution in [0.1, 0.15) is 13.8 Å². The topological polar surface area (TPSA) is 58.6 Å². The summed E-state index contributed by atoms with van der Waals surface area (Å²) < 4.78 is 28.9. The van der Waals surface area contributed by atoms with Gasteiger partial charge < -0.3 is 15.0 Å². The lowest BCUT2D eigenvalue weighted by Crippen LogP contribution is -2.43. The van der Waals surface area contributed by atoms with E-state index in [1.54, 1.807) is 13.8 Å². The predicted molar refractivity (Wildman–Crippen MR) is 85.9 cm³/mol. The Labute approximate surface area is 127 Å². The van der Waals surface area contributed by atoms with E-state index in [9.17, 15) is 8.42 Å². The monoisotopic (exact) mass is 312 g/mol. The first kappa shape index (κ1) is 16.1. The van der Waals surface area contributed by atoms with Crippen LogP contribution in [0.25, 0.3) is 0 Å². The van der Waals surface area contributed by atoms with E-state index < -0.39 is 9.84 Å². The Morgan fingerprint density at radius 1 is 1.19 bits per heavy atom. The highest BCUT2D eigenvalue weighted by Crippen LogP contribution is 2.19. The van der Waals surface area contributed by atoms with E-state index in [0.29, 0.717) is 5.75 Å². The van der Waals surface area contributed by atoms with Crippen molar-refractivity contribution in [3.63, 3.8) is 0 Å². The van der Waals surface area contributed by atoms with E-state index in [4.69, 9.17) is 4.74 Å². The Balaban J connectivity index is 1.85. The standard InChI is InChI=1S/C15H24N2O3S/c1-13(2)21(18,19)12-11-20-15-5-3-14(4-6-15)17-9-7-16-8-10-17/h3-6,13,16H,7-12H2,1-2H3. The average Bonchev–Trinajstić information content (AvgIpc) is 2.48. The molecule has 0 spiro atoms. The van der Waals surface area contributed by atoms with Crippen LogP contribution >= 0.6 is 0 Å². The van der Waals surface area contributed by atoms with E-state index in [-0.39, 0.29) is 17.6 Å². The number of hydrogen-bond acceptors (Lipinski definition) is 5. The van der Waals surface area contributed by atoms with Crippen LogP contribution in [0.15, 0.2) is 24.3 Å². The molecule has 1 aliphatic heterocycles. The number of nitrogens with zero attached hydrogens (tertiary/aromatic N) is 1. The molecule has 1 aromatic carbocycles. The van der Waals surface area contributed by atoms with Crippen molar-refractivity contribution in [1.29, 1.82) is 0 Å². The van der Waals surface area contributed by atoms with Crippen LogP contribution in [0.4, 0.5) is 5.69 Å². The molecule has 1 fully saturated rings. The Kier molecular flexibility index (Phi) is 5.47. The van der Waals surface area contributed by atoms with E-state index in [1.165, 1.54) is 5.69 Å². The Bertz CT molecular complexity index is 535. The summed E-state index contributed by atoms with van der Waals surface area (Å²) in [7, 11) is -3.03. The summed E-state index contributed by atoms with van der Waals surface area (Å²) in [4.78, 5) is 2.32. The van der Waals surface area contributed by atoms with Gasteiger partial charge in [-0.05, 0) is 38.1 Å². The second-order valence-electron chi connectivity index (χ2n) is 5.50. The summed E-state index contributed by atoms with van der Waals surface area (Å²) in [5.41, 5.74) is 1.18. The van der Waals surface area contributed by atoms with Crippen LogP contribution < -0.4 is 15.0 Å². The lowest BCUT2D eigenvalue weighted by atomic mass is 10.2. The molecule has 1 saturated heterocycles. The van der Waals surface area contributed by atoms with Gasteiger partial charge in [0.25, 0.3) is 0 Å². The van der Waals surface area contributed by atoms with Gasteiger partial charge in [0.2, 0.25) is 0 Å². The minimum absolute atomic E-state index is 0.0597. The Hall–Kier alpha value is -1.27. The quantitative estimate of drug-likeness (QED) is 0.858. The van der Waals surface area contributed by atoms with E-state index >= 15 is 0 Å². The van der Waals surface area contributed by atoms with Crippen LogP contribution in [-0.2, 0) is 9.84 Å². The SMILES string of the molecule is CC(C)S(=O)(=O)CCOc1ccc(N2CCNCC2)cc1. The number of sulfone groups is 1. The van der Waals surface area contributed by atoms with Crippen LogP contribution in [0, 0.1) is 0 Å². The lowest BCUT2D eigenvalue weighted by Gasteiger charge is -2.29. The highest BCUT2D eigenvalue weighted by atomic mass is 32.2. The van der Waals surface area contributed by atoms with Crippen LogP contribution in [-0.4, -0.2) is 52.2 Å². The van der Waals surface area contributed by atoms with E-state index in [2.05, 4.69) is 10.2 Å². The minimum atomic E-state index is -3.03. The van der Waals surface area contributed by atoms with E-state index in [1.807, 2.05) is 24.3 Å². The van der Waals surface area contributed by atoms with Crippen molar-refractivity contribution >= 4 is 15.5 Å². The Morgan fingerprint density at radius 2 is 1.81 bits per heavy atom. The normalized spacial score (nSPS) is 16.2. The number of ether oxygens (including phenoxy) is 1. The fourth-order valence-electron chi connectivity index (χ4n) is 2.19. The molecule has 0 bridgehead atoms. The molecule has 1 aliphatic rings. The van der Waals surface area contributed by atoms with Crippen molar-refractivity contribution in [2.24, 2.45) is 0 Å². The molecule has 0 aromatic heterocycles. The zero-order valence-electron chi connectivity index (χ0n) is 12.7. The molecule has 0 unspecified atom stereocenters. The minimum Gasteiger partial charge on any atom is -0.493 e. The largest absolute Gasteiger partial charge is 0.493 e. The van der Waals surface area contributed by atoms with Gasteiger partial charge >= 0.3 is 0 Å². The molecule has 21 heavy (non-hydrogen) atoms. The third-order valence-electron chi connectivity index (χ3n) is 3.67. The molecule has 118 valence electrons. The molecule has 5 nitrogen and oxygen atoms in total. The van der Waals surface area contributed by atoms with Crippen LogP contribution in [0.2, 0.25) is 0 Å². The molecule has 0 amide bonds. The molecule has 0 saturated carbocycles. The summed E-state index contributed by atoms with van der Waals surface area (Å²) in [6.45, 7) is 7.61. The molecular formula is C15H24N2O3S. The summed E-state index contributed by atoms with van der Waals surface area (Å²) in [6, 6.07) is 7.86. The first-order valence-corrected chi connectivity index (χ1v) is 9.11. The fourth-order valence-corrected chi connectivity index (χ4v) is 2.97. The number of piperazine rings is 1. The van der Waals surface area contributed by atoms with Gasteiger partial charge in [0.15, 0.2) is 9.84 Å². The second kappa shape index (κ2) is 7.13. The van der Waals surface area contributed by atoms with Gasteiger partial charge in [-0.1, -0.05) is 0 Å². The number of rotatable bonds is 6. The third kappa shape index (κ3) is 4.61. The van der Waals surface area contributed by atoms with Crippen molar-refractivity contribution in [1.82, 2.24) is 5.32 Å². The summed E-state index contributed by atoms with van der Waals surface area (Å²) >= 11 is 0. The van der Waals surface area contributed by atoms with E-state index in [0.717, 1.165) is 26.2 Å². The molecule has 6 heteroatoms. The molecular weight excluding hydrogens is 288 g/mol.